The van der Waals surface area contributed by atoms with Crippen molar-refractivity contribution in [2.24, 2.45) is 0 Å². The third-order valence-electron chi connectivity index (χ3n) is 2.35. The monoisotopic (exact) mass is 222 g/mol. The number of carbonyl (C=O) groups is 2. The number of hydrogen-bond acceptors (Lipinski definition) is 4. The first-order valence-electron chi connectivity index (χ1n) is 4.83. The molecule has 0 N–H and O–H groups in total. The fourth-order valence-corrected chi connectivity index (χ4v) is 1.53. The summed E-state index contributed by atoms with van der Waals surface area (Å²) < 4.78 is 9.82. The van der Waals surface area contributed by atoms with Crippen molar-refractivity contribution in [1.82, 2.24) is 0 Å². The fraction of sp³-hybridized carbons (Fsp3) is 0.333. The van der Waals surface area contributed by atoms with E-state index in [-0.39, 0.29) is 23.1 Å². The molecule has 86 valence electrons. The molecule has 0 radical (unpaired) electrons. The Labute approximate surface area is 94.2 Å². The Balaban J connectivity index is 3.36. The van der Waals surface area contributed by atoms with E-state index < -0.39 is 0 Å². The van der Waals surface area contributed by atoms with Gasteiger partial charge in [-0.25, -0.2) is 0 Å². The quantitative estimate of drug-likeness (QED) is 0.679. The zero-order chi connectivity index (χ0) is 12.3. The Morgan fingerprint density at radius 3 is 1.94 bits per heavy atom. The van der Waals surface area contributed by atoms with Crippen LogP contribution in [0, 0.1) is 0 Å². The Morgan fingerprint density at radius 2 is 1.50 bits per heavy atom. The average Bonchev–Trinajstić information content (AvgIpc) is 2.29. The lowest BCUT2D eigenvalue weighted by molar-refractivity contribution is -0.120. The molecule has 0 bridgehead atoms. The van der Waals surface area contributed by atoms with Crippen molar-refractivity contribution in [2.75, 3.05) is 14.2 Å². The van der Waals surface area contributed by atoms with Crippen molar-refractivity contribution in [2.45, 2.75) is 13.8 Å². The lowest BCUT2D eigenvalue weighted by Gasteiger charge is -2.18. The molecule has 0 saturated heterocycles. The maximum Gasteiger partial charge on any atom is 0.232 e. The van der Waals surface area contributed by atoms with Crippen LogP contribution in [0.4, 0.5) is 0 Å². The van der Waals surface area contributed by atoms with E-state index >= 15 is 0 Å². The third kappa shape index (κ3) is 1.78. The van der Waals surface area contributed by atoms with Crippen LogP contribution in [0.5, 0.6) is 0 Å². The summed E-state index contributed by atoms with van der Waals surface area (Å²) in [4.78, 5) is 23.8. The van der Waals surface area contributed by atoms with Crippen molar-refractivity contribution >= 4 is 11.6 Å². The summed E-state index contributed by atoms with van der Waals surface area (Å²) in [5.74, 6) is -0.703. The highest BCUT2D eigenvalue weighted by Crippen LogP contribution is 2.26. The highest BCUT2D eigenvalue weighted by Gasteiger charge is 2.33. The number of ketones is 2. The predicted molar refractivity (Wildman–Crippen MR) is 58.6 cm³/mol. The Hall–Kier alpha value is -1.84. The van der Waals surface area contributed by atoms with Gasteiger partial charge < -0.3 is 9.47 Å². The van der Waals surface area contributed by atoms with Gasteiger partial charge in [-0.2, -0.15) is 0 Å². The van der Waals surface area contributed by atoms with Gasteiger partial charge in [-0.15, -0.1) is 0 Å². The molecule has 0 aromatic heterocycles. The van der Waals surface area contributed by atoms with E-state index in [1.165, 1.54) is 14.2 Å². The van der Waals surface area contributed by atoms with E-state index in [4.69, 9.17) is 9.47 Å². The maximum atomic E-state index is 11.9. The van der Waals surface area contributed by atoms with Crippen LogP contribution >= 0.6 is 0 Å². The normalized spacial score (nSPS) is 17.5. The van der Waals surface area contributed by atoms with Crippen molar-refractivity contribution in [1.29, 1.82) is 0 Å². The van der Waals surface area contributed by atoms with Crippen LogP contribution in [0.2, 0.25) is 0 Å². The number of allylic oxidation sites excluding steroid dienone is 4. The highest BCUT2D eigenvalue weighted by molar-refractivity contribution is 6.24. The second kappa shape index (κ2) is 4.79. The van der Waals surface area contributed by atoms with Gasteiger partial charge in [0.1, 0.15) is 0 Å². The summed E-state index contributed by atoms with van der Waals surface area (Å²) in [5, 5.41) is 0. The second-order valence-electron chi connectivity index (χ2n) is 3.26. The van der Waals surface area contributed by atoms with Crippen molar-refractivity contribution in [3.8, 4) is 0 Å². The van der Waals surface area contributed by atoms with Crippen LogP contribution in [0.3, 0.4) is 0 Å². The molecule has 0 aromatic rings. The minimum absolute atomic E-state index is 0.0294. The molecule has 0 fully saturated rings. The topological polar surface area (TPSA) is 52.6 Å². The predicted octanol–water partition coefficient (Wildman–Crippen LogP) is 1.54. The Morgan fingerprint density at radius 1 is 1.00 bits per heavy atom. The first-order valence-corrected chi connectivity index (χ1v) is 4.83. The first kappa shape index (κ1) is 12.2. The van der Waals surface area contributed by atoms with E-state index in [0.717, 1.165) is 0 Å². The molecule has 1 aliphatic carbocycles. The fourth-order valence-electron chi connectivity index (χ4n) is 1.53. The van der Waals surface area contributed by atoms with Crippen LogP contribution < -0.4 is 0 Å². The van der Waals surface area contributed by atoms with Gasteiger partial charge in [-0.1, -0.05) is 12.2 Å². The van der Waals surface area contributed by atoms with E-state index in [0.29, 0.717) is 11.1 Å². The van der Waals surface area contributed by atoms with E-state index in [9.17, 15) is 9.59 Å². The first-order chi connectivity index (χ1) is 7.58. The van der Waals surface area contributed by atoms with Gasteiger partial charge in [0.05, 0.1) is 14.2 Å². The molecule has 4 nitrogen and oxygen atoms in total. The van der Waals surface area contributed by atoms with Crippen molar-refractivity contribution < 1.29 is 19.1 Å². The number of rotatable bonds is 3. The zero-order valence-electron chi connectivity index (χ0n) is 9.79. The molecule has 4 heteroatoms. The van der Waals surface area contributed by atoms with Crippen LogP contribution in [0.1, 0.15) is 13.8 Å². The summed E-state index contributed by atoms with van der Waals surface area (Å²) in [6, 6.07) is 0. The molecule has 1 rings (SSSR count). The van der Waals surface area contributed by atoms with Crippen LogP contribution in [0.15, 0.2) is 34.8 Å². The maximum absolute atomic E-state index is 11.9. The number of methoxy groups -OCH3 is 2. The van der Waals surface area contributed by atoms with Gasteiger partial charge in [0.25, 0.3) is 0 Å². The molecule has 0 spiro atoms. The SMILES string of the molecule is C/C=C/C1=C(C)C(=O)C(OC)=C(OC)C1=O. The molecular formula is C12H14O4. The Kier molecular flexibility index (Phi) is 3.66. The van der Waals surface area contributed by atoms with Crippen LogP contribution in [-0.4, -0.2) is 25.8 Å². The molecule has 1 aliphatic rings. The van der Waals surface area contributed by atoms with Crippen LogP contribution in [0.25, 0.3) is 0 Å². The van der Waals surface area contributed by atoms with E-state index in [1.807, 2.05) is 0 Å². The van der Waals surface area contributed by atoms with Crippen molar-refractivity contribution in [3.05, 3.63) is 34.8 Å². The molecular weight excluding hydrogens is 208 g/mol. The summed E-state index contributed by atoms with van der Waals surface area (Å²) in [7, 11) is 2.68. The minimum Gasteiger partial charge on any atom is -0.489 e. The lowest BCUT2D eigenvalue weighted by atomic mass is 9.93. The van der Waals surface area contributed by atoms with Crippen LogP contribution in [-0.2, 0) is 19.1 Å². The zero-order valence-corrected chi connectivity index (χ0v) is 9.79. The smallest absolute Gasteiger partial charge is 0.232 e. The summed E-state index contributed by atoms with van der Waals surface area (Å²) in [5.41, 5.74) is 0.728. The second-order valence-corrected chi connectivity index (χ2v) is 3.26. The van der Waals surface area contributed by atoms with E-state index in [2.05, 4.69) is 0 Å². The summed E-state index contributed by atoms with van der Waals surface area (Å²) in [6.07, 6.45) is 3.30. The molecule has 0 atom stereocenters. The molecule has 0 aliphatic heterocycles. The summed E-state index contributed by atoms with van der Waals surface area (Å²) >= 11 is 0. The molecule has 0 amide bonds. The van der Waals surface area contributed by atoms with Gasteiger partial charge in [0.15, 0.2) is 0 Å². The molecule has 0 heterocycles. The molecule has 0 saturated carbocycles. The highest BCUT2D eigenvalue weighted by atomic mass is 16.5. The van der Waals surface area contributed by atoms with Gasteiger partial charge in [-0.05, 0) is 13.8 Å². The molecule has 16 heavy (non-hydrogen) atoms. The largest absolute Gasteiger partial charge is 0.489 e. The van der Waals surface area contributed by atoms with E-state index in [1.54, 1.807) is 26.0 Å². The average molecular weight is 222 g/mol. The number of ether oxygens (including phenoxy) is 2. The van der Waals surface area contributed by atoms with Gasteiger partial charge >= 0.3 is 0 Å². The summed E-state index contributed by atoms with van der Waals surface area (Å²) in [6.45, 7) is 3.38. The lowest BCUT2D eigenvalue weighted by Crippen LogP contribution is -2.24. The number of carbonyl (C=O) groups excluding carboxylic acids is 2. The number of hydrogen-bond donors (Lipinski definition) is 0. The molecule has 0 aromatic carbocycles. The Bertz CT molecular complexity index is 424. The molecule has 0 unspecified atom stereocenters. The third-order valence-corrected chi connectivity index (χ3v) is 2.35. The van der Waals surface area contributed by atoms with Gasteiger partial charge in [-0.3, -0.25) is 9.59 Å². The number of Topliss-reactive ketones (excluding diaryl/α,β-unsaturated/α-hetero) is 2. The van der Waals surface area contributed by atoms with Gasteiger partial charge in [0.2, 0.25) is 23.1 Å². The van der Waals surface area contributed by atoms with Gasteiger partial charge in [0, 0.05) is 11.1 Å². The minimum atomic E-state index is -0.324. The standard InChI is InChI=1S/C12H14O4/c1-5-6-8-7(2)9(13)11(15-3)12(16-4)10(8)14/h5-6H,1-4H3/b6-5+. The van der Waals surface area contributed by atoms with Crippen molar-refractivity contribution in [3.63, 3.8) is 0 Å².